The summed E-state index contributed by atoms with van der Waals surface area (Å²) >= 11 is 12.5. The van der Waals surface area contributed by atoms with Crippen LogP contribution in [0.5, 0.6) is 0 Å². The minimum absolute atomic E-state index is 0.0451. The third kappa shape index (κ3) is 7.61. The van der Waals surface area contributed by atoms with Crippen molar-refractivity contribution in [3.05, 3.63) is 93.5 Å². The molecule has 1 fully saturated rings. The minimum atomic E-state index is -4.18. The summed E-state index contributed by atoms with van der Waals surface area (Å²) in [5, 5.41) is 3.90. The van der Waals surface area contributed by atoms with Crippen LogP contribution in [0.4, 0.5) is 5.69 Å². The Hall–Kier alpha value is -3.07. The van der Waals surface area contributed by atoms with Crippen molar-refractivity contribution in [3.8, 4) is 0 Å². The van der Waals surface area contributed by atoms with Crippen LogP contribution >= 0.6 is 23.2 Å². The molecule has 0 bridgehead atoms. The Morgan fingerprint density at radius 2 is 1.61 bits per heavy atom. The molecule has 0 heterocycles. The molecule has 1 aliphatic rings. The van der Waals surface area contributed by atoms with Gasteiger partial charge in [-0.2, -0.15) is 0 Å². The van der Waals surface area contributed by atoms with E-state index in [0.717, 1.165) is 41.1 Å². The van der Waals surface area contributed by atoms with Gasteiger partial charge in [-0.05, 0) is 81.1 Å². The number of nitrogens with one attached hydrogen (secondary N) is 1. The van der Waals surface area contributed by atoms with Gasteiger partial charge in [0.25, 0.3) is 10.0 Å². The number of nitrogens with zero attached hydrogens (tertiary/aromatic N) is 2. The van der Waals surface area contributed by atoms with Gasteiger partial charge in [0.1, 0.15) is 12.6 Å². The summed E-state index contributed by atoms with van der Waals surface area (Å²) in [6, 6.07) is 17.6. The van der Waals surface area contributed by atoms with Crippen LogP contribution < -0.4 is 9.62 Å². The highest BCUT2D eigenvalue weighted by molar-refractivity contribution is 7.92. The van der Waals surface area contributed by atoms with E-state index in [1.54, 1.807) is 56.3 Å². The first-order valence-corrected chi connectivity index (χ1v) is 15.8. The Morgan fingerprint density at radius 1 is 0.951 bits per heavy atom. The Kier molecular flexibility index (Phi) is 10.00. The van der Waals surface area contributed by atoms with Gasteiger partial charge in [-0.3, -0.25) is 13.9 Å². The standard InChI is InChI=1S/C31H35Cl2N3O4S/c1-21-11-15-28(16-12-21)41(39,40)36(29-18-26(33)14-13-22(29)2)20-30(37)35(19-24-7-6-8-25(32)17-24)23(3)31(38)34-27-9-4-5-10-27/h6-8,11-18,23,27H,4-5,9-10,19-20H2,1-3H3,(H,34,38)/t23-/m0/s1. The largest absolute Gasteiger partial charge is 0.352 e. The molecule has 10 heteroatoms. The van der Waals surface area contributed by atoms with Gasteiger partial charge < -0.3 is 10.2 Å². The number of rotatable bonds is 10. The normalized spacial score (nSPS) is 14.5. The zero-order valence-electron chi connectivity index (χ0n) is 23.4. The number of aryl methyl sites for hydroxylation is 2. The van der Waals surface area contributed by atoms with Crippen LogP contribution in [0.3, 0.4) is 0 Å². The van der Waals surface area contributed by atoms with Gasteiger partial charge >= 0.3 is 0 Å². The fraction of sp³-hybridized carbons (Fsp3) is 0.355. The van der Waals surface area contributed by atoms with Crippen molar-refractivity contribution in [2.75, 3.05) is 10.8 Å². The number of hydrogen-bond acceptors (Lipinski definition) is 4. The van der Waals surface area contributed by atoms with E-state index in [0.29, 0.717) is 15.6 Å². The van der Waals surface area contributed by atoms with Gasteiger partial charge in [-0.1, -0.05) is 71.9 Å². The number of anilines is 1. The summed E-state index contributed by atoms with van der Waals surface area (Å²) in [6.07, 6.45) is 3.90. The smallest absolute Gasteiger partial charge is 0.264 e. The Morgan fingerprint density at radius 3 is 2.27 bits per heavy atom. The number of carbonyl (C=O) groups is 2. The van der Waals surface area contributed by atoms with E-state index in [2.05, 4.69) is 5.32 Å². The van der Waals surface area contributed by atoms with E-state index in [1.807, 2.05) is 13.0 Å². The van der Waals surface area contributed by atoms with Gasteiger partial charge in [0, 0.05) is 22.6 Å². The van der Waals surface area contributed by atoms with E-state index in [-0.39, 0.29) is 29.1 Å². The van der Waals surface area contributed by atoms with Crippen molar-refractivity contribution in [1.82, 2.24) is 10.2 Å². The Bertz CT molecular complexity index is 1510. The third-order valence-corrected chi connectivity index (χ3v) is 9.68. The summed E-state index contributed by atoms with van der Waals surface area (Å²) in [7, 11) is -4.18. The van der Waals surface area contributed by atoms with Crippen LogP contribution in [-0.4, -0.2) is 43.8 Å². The van der Waals surface area contributed by atoms with Gasteiger partial charge in [0.2, 0.25) is 11.8 Å². The van der Waals surface area contributed by atoms with E-state index in [9.17, 15) is 18.0 Å². The molecule has 0 saturated heterocycles. The first-order valence-electron chi connectivity index (χ1n) is 13.7. The number of sulfonamides is 1. The molecule has 3 aromatic rings. The number of benzene rings is 3. The highest BCUT2D eigenvalue weighted by Crippen LogP contribution is 2.30. The van der Waals surface area contributed by atoms with Crippen LogP contribution in [0.15, 0.2) is 71.6 Å². The number of hydrogen-bond donors (Lipinski definition) is 1. The minimum Gasteiger partial charge on any atom is -0.352 e. The average molecular weight is 617 g/mol. The molecule has 1 atom stereocenters. The molecule has 4 rings (SSSR count). The summed E-state index contributed by atoms with van der Waals surface area (Å²) < 4.78 is 29.1. The molecular formula is C31H35Cl2N3O4S. The first kappa shape index (κ1) is 30.9. The molecule has 218 valence electrons. The Labute approximate surface area is 252 Å². The molecule has 0 unspecified atom stereocenters. The molecule has 0 aromatic heterocycles. The first-order chi connectivity index (χ1) is 19.5. The van der Waals surface area contributed by atoms with E-state index < -0.39 is 28.5 Å². The molecule has 2 amide bonds. The van der Waals surface area contributed by atoms with Crippen molar-refractivity contribution in [2.24, 2.45) is 0 Å². The second-order valence-corrected chi connectivity index (χ2v) is 13.3. The van der Waals surface area contributed by atoms with Crippen LogP contribution in [-0.2, 0) is 26.2 Å². The van der Waals surface area contributed by atoms with Crippen molar-refractivity contribution in [2.45, 2.75) is 70.0 Å². The number of halogens is 2. The topological polar surface area (TPSA) is 86.8 Å². The predicted octanol–water partition coefficient (Wildman–Crippen LogP) is 6.28. The van der Waals surface area contributed by atoms with Crippen LogP contribution in [0.25, 0.3) is 0 Å². The van der Waals surface area contributed by atoms with Gasteiger partial charge in [0.15, 0.2) is 0 Å². The molecule has 3 aromatic carbocycles. The van der Waals surface area contributed by atoms with Crippen LogP contribution in [0.1, 0.15) is 49.3 Å². The zero-order valence-corrected chi connectivity index (χ0v) is 25.8. The van der Waals surface area contributed by atoms with Crippen LogP contribution in [0.2, 0.25) is 10.0 Å². The third-order valence-electron chi connectivity index (χ3n) is 7.44. The molecule has 0 spiro atoms. The van der Waals surface area contributed by atoms with E-state index in [1.165, 1.54) is 23.1 Å². The van der Waals surface area contributed by atoms with Crippen molar-refractivity contribution in [1.29, 1.82) is 0 Å². The SMILES string of the molecule is Cc1ccc(S(=O)(=O)N(CC(=O)N(Cc2cccc(Cl)c2)[C@@H](C)C(=O)NC2CCCC2)c2cc(Cl)ccc2C)cc1. The summed E-state index contributed by atoms with van der Waals surface area (Å²) in [4.78, 5) is 28.9. The Balaban J connectivity index is 1.72. The van der Waals surface area contributed by atoms with Crippen molar-refractivity contribution >= 4 is 50.7 Å². The lowest BCUT2D eigenvalue weighted by molar-refractivity contribution is -0.139. The summed E-state index contributed by atoms with van der Waals surface area (Å²) in [5.41, 5.74) is 2.54. The van der Waals surface area contributed by atoms with E-state index in [4.69, 9.17) is 23.2 Å². The molecule has 1 saturated carbocycles. The lowest BCUT2D eigenvalue weighted by atomic mass is 10.1. The predicted molar refractivity (Wildman–Crippen MR) is 164 cm³/mol. The summed E-state index contributed by atoms with van der Waals surface area (Å²) in [5.74, 6) is -0.812. The maximum Gasteiger partial charge on any atom is 0.264 e. The fourth-order valence-electron chi connectivity index (χ4n) is 5.01. The highest BCUT2D eigenvalue weighted by Gasteiger charge is 2.34. The lowest BCUT2D eigenvalue weighted by Gasteiger charge is -2.33. The van der Waals surface area contributed by atoms with Gasteiger partial charge in [-0.25, -0.2) is 8.42 Å². The quantitative estimate of drug-likeness (QED) is 0.291. The molecule has 7 nitrogen and oxygen atoms in total. The summed E-state index contributed by atoms with van der Waals surface area (Å²) in [6.45, 7) is 4.83. The van der Waals surface area contributed by atoms with Crippen LogP contribution in [0, 0.1) is 13.8 Å². The fourth-order valence-corrected chi connectivity index (χ4v) is 6.86. The maximum absolute atomic E-state index is 14.1. The van der Waals surface area contributed by atoms with Crippen molar-refractivity contribution < 1.29 is 18.0 Å². The molecule has 1 aliphatic carbocycles. The molecule has 1 N–H and O–H groups in total. The second kappa shape index (κ2) is 13.3. The number of carbonyl (C=O) groups excluding carboxylic acids is 2. The monoisotopic (exact) mass is 615 g/mol. The van der Waals surface area contributed by atoms with Gasteiger partial charge in [0.05, 0.1) is 10.6 Å². The zero-order chi connectivity index (χ0) is 29.7. The average Bonchev–Trinajstić information content (AvgIpc) is 3.44. The highest BCUT2D eigenvalue weighted by atomic mass is 35.5. The molecule has 0 radical (unpaired) electrons. The van der Waals surface area contributed by atoms with Crippen molar-refractivity contribution in [3.63, 3.8) is 0 Å². The molecule has 41 heavy (non-hydrogen) atoms. The molecular weight excluding hydrogens is 581 g/mol. The lowest BCUT2D eigenvalue weighted by Crippen LogP contribution is -2.52. The maximum atomic E-state index is 14.1. The molecule has 0 aliphatic heterocycles. The van der Waals surface area contributed by atoms with Gasteiger partial charge in [-0.15, -0.1) is 0 Å². The van der Waals surface area contributed by atoms with E-state index >= 15 is 0 Å². The second-order valence-electron chi connectivity index (χ2n) is 10.6. The number of amides is 2.